The Morgan fingerprint density at radius 2 is 1.95 bits per heavy atom. The lowest BCUT2D eigenvalue weighted by Gasteiger charge is -2.09. The van der Waals surface area contributed by atoms with Crippen molar-refractivity contribution in [1.82, 2.24) is 4.57 Å². The minimum atomic E-state index is 1.03. The van der Waals surface area contributed by atoms with E-state index in [1.165, 1.54) is 5.39 Å². The second-order valence-corrected chi connectivity index (χ2v) is 5.74. The Bertz CT molecular complexity index is 801. The summed E-state index contributed by atoms with van der Waals surface area (Å²) < 4.78 is 3.27. The number of aromatic nitrogens is 1. The normalized spacial score (nSPS) is 12.6. The van der Waals surface area contributed by atoms with Crippen LogP contribution in [0, 0.1) is 0 Å². The molecule has 1 heterocycles. The number of rotatable bonds is 5. The van der Waals surface area contributed by atoms with Gasteiger partial charge in [-0.05, 0) is 50.3 Å². The number of fused-ring (bicyclic) bond motifs is 1. The summed E-state index contributed by atoms with van der Waals surface area (Å²) in [7, 11) is 0. The molecule has 0 aliphatic heterocycles. The molecule has 0 N–H and O–H groups in total. The first-order valence-corrected chi connectivity index (χ1v) is 8.02. The van der Waals surface area contributed by atoms with Crippen molar-refractivity contribution < 1.29 is 0 Å². The molecule has 2 heteroatoms. The highest BCUT2D eigenvalue weighted by atomic mass is 79.9. The van der Waals surface area contributed by atoms with Gasteiger partial charge < -0.3 is 4.57 Å². The quantitative estimate of drug-likeness (QED) is 0.528. The molecule has 22 heavy (non-hydrogen) atoms. The highest BCUT2D eigenvalue weighted by molar-refractivity contribution is 9.10. The maximum atomic E-state index is 3.99. The van der Waals surface area contributed by atoms with E-state index in [0.717, 1.165) is 26.9 Å². The van der Waals surface area contributed by atoms with Gasteiger partial charge in [-0.3, -0.25) is 0 Å². The molecule has 1 nitrogen and oxygen atoms in total. The lowest BCUT2D eigenvalue weighted by molar-refractivity contribution is 1.15. The van der Waals surface area contributed by atoms with E-state index < -0.39 is 0 Å². The second kappa shape index (κ2) is 7.28. The molecule has 0 atom stereocenters. The predicted molar refractivity (Wildman–Crippen MR) is 104 cm³/mol. The highest BCUT2D eigenvalue weighted by Crippen LogP contribution is 2.33. The minimum Gasteiger partial charge on any atom is -0.309 e. The summed E-state index contributed by atoms with van der Waals surface area (Å²) in [4.78, 5) is 0. The maximum absolute atomic E-state index is 3.99. The van der Waals surface area contributed by atoms with Crippen LogP contribution in [0.1, 0.15) is 25.1 Å². The van der Waals surface area contributed by atoms with Crippen molar-refractivity contribution >= 4 is 44.7 Å². The van der Waals surface area contributed by atoms with E-state index >= 15 is 0 Å². The van der Waals surface area contributed by atoms with Crippen LogP contribution >= 0.6 is 15.9 Å². The summed E-state index contributed by atoms with van der Waals surface area (Å²) in [6.45, 7) is 12.0. The number of hydrogen-bond donors (Lipinski definition) is 0. The van der Waals surface area contributed by atoms with Gasteiger partial charge in [0.1, 0.15) is 0 Å². The average molecular weight is 354 g/mol. The first-order chi connectivity index (χ1) is 10.7. The number of allylic oxidation sites excluding steroid dienone is 6. The van der Waals surface area contributed by atoms with E-state index in [-0.39, 0.29) is 0 Å². The number of halogens is 1. The molecule has 0 radical (unpaired) electrons. The van der Waals surface area contributed by atoms with Crippen molar-refractivity contribution in [1.29, 1.82) is 0 Å². The first kappa shape index (κ1) is 16.3. The zero-order valence-corrected chi connectivity index (χ0v) is 14.6. The van der Waals surface area contributed by atoms with Crippen LogP contribution < -0.4 is 0 Å². The van der Waals surface area contributed by atoms with Gasteiger partial charge in [0.05, 0.1) is 11.2 Å². The number of benzene rings is 1. The predicted octanol–water partition coefficient (Wildman–Crippen LogP) is 6.68. The van der Waals surface area contributed by atoms with E-state index in [0.29, 0.717) is 0 Å². The van der Waals surface area contributed by atoms with Crippen LogP contribution in [-0.2, 0) is 0 Å². The Morgan fingerprint density at radius 1 is 1.18 bits per heavy atom. The Kier molecular flexibility index (Phi) is 5.40. The summed E-state index contributed by atoms with van der Waals surface area (Å²) in [6.07, 6.45) is 14.0. The SMILES string of the molecule is C=C/C(=C\C=C/C)n1c(/C=C\C)c(C=C)c2cc(Br)ccc21. The zero-order valence-electron chi connectivity index (χ0n) is 13.0. The lowest BCUT2D eigenvalue weighted by Crippen LogP contribution is -1.97. The van der Waals surface area contributed by atoms with Crippen LogP contribution in [0.3, 0.4) is 0 Å². The summed E-state index contributed by atoms with van der Waals surface area (Å²) >= 11 is 3.56. The molecule has 1 aromatic heterocycles. The number of hydrogen-bond acceptors (Lipinski definition) is 0. The van der Waals surface area contributed by atoms with Gasteiger partial charge in [0, 0.05) is 21.1 Å². The summed E-state index contributed by atoms with van der Waals surface area (Å²) in [5.41, 5.74) is 4.41. The fourth-order valence-electron chi connectivity index (χ4n) is 2.55. The Balaban J connectivity index is 2.95. The van der Waals surface area contributed by atoms with Gasteiger partial charge in [-0.15, -0.1) is 0 Å². The van der Waals surface area contributed by atoms with E-state index in [4.69, 9.17) is 0 Å². The molecule has 0 amide bonds. The van der Waals surface area contributed by atoms with Crippen LogP contribution in [0.4, 0.5) is 0 Å². The monoisotopic (exact) mass is 353 g/mol. The molecule has 0 aliphatic carbocycles. The molecule has 0 aliphatic rings. The molecule has 0 unspecified atom stereocenters. The van der Waals surface area contributed by atoms with Crippen molar-refractivity contribution in [3.8, 4) is 0 Å². The molecular formula is C20H20BrN. The van der Waals surface area contributed by atoms with Gasteiger partial charge in [-0.2, -0.15) is 0 Å². The molecule has 2 aromatic rings. The van der Waals surface area contributed by atoms with Crippen molar-refractivity contribution in [2.75, 3.05) is 0 Å². The van der Waals surface area contributed by atoms with Gasteiger partial charge >= 0.3 is 0 Å². The van der Waals surface area contributed by atoms with Crippen molar-refractivity contribution in [2.45, 2.75) is 13.8 Å². The highest BCUT2D eigenvalue weighted by Gasteiger charge is 2.15. The van der Waals surface area contributed by atoms with Crippen LogP contribution in [0.25, 0.3) is 28.8 Å². The third-order valence-corrected chi connectivity index (χ3v) is 3.96. The topological polar surface area (TPSA) is 4.93 Å². The van der Waals surface area contributed by atoms with Crippen molar-refractivity contribution in [3.05, 3.63) is 77.5 Å². The van der Waals surface area contributed by atoms with Crippen LogP contribution in [0.15, 0.2) is 66.2 Å². The third kappa shape index (κ3) is 2.93. The molecule has 0 fully saturated rings. The maximum Gasteiger partial charge on any atom is 0.0541 e. The van der Waals surface area contributed by atoms with Crippen LogP contribution in [0.5, 0.6) is 0 Å². The second-order valence-electron chi connectivity index (χ2n) is 4.82. The van der Waals surface area contributed by atoms with Crippen molar-refractivity contribution in [3.63, 3.8) is 0 Å². The average Bonchev–Trinajstić information content (AvgIpc) is 2.81. The van der Waals surface area contributed by atoms with E-state index in [1.807, 2.05) is 44.2 Å². The smallest absolute Gasteiger partial charge is 0.0541 e. The Labute approximate surface area is 140 Å². The van der Waals surface area contributed by atoms with Gasteiger partial charge in [0.25, 0.3) is 0 Å². The fraction of sp³-hybridized carbons (Fsp3) is 0.100. The molecule has 1 aromatic carbocycles. The largest absolute Gasteiger partial charge is 0.309 e. The first-order valence-electron chi connectivity index (χ1n) is 7.22. The van der Waals surface area contributed by atoms with Gasteiger partial charge in [0.15, 0.2) is 0 Å². The minimum absolute atomic E-state index is 1.03. The van der Waals surface area contributed by atoms with Gasteiger partial charge in [-0.25, -0.2) is 0 Å². The summed E-state index contributed by atoms with van der Waals surface area (Å²) in [5.74, 6) is 0. The summed E-state index contributed by atoms with van der Waals surface area (Å²) in [5, 5.41) is 1.17. The van der Waals surface area contributed by atoms with Crippen LogP contribution in [0.2, 0.25) is 0 Å². The Morgan fingerprint density at radius 3 is 2.55 bits per heavy atom. The molecular weight excluding hydrogens is 334 g/mol. The fourth-order valence-corrected chi connectivity index (χ4v) is 2.91. The van der Waals surface area contributed by atoms with E-state index in [2.05, 4.69) is 64.0 Å². The van der Waals surface area contributed by atoms with E-state index in [1.54, 1.807) is 0 Å². The molecule has 0 saturated carbocycles. The molecule has 2 rings (SSSR count). The molecule has 112 valence electrons. The number of nitrogens with zero attached hydrogens (tertiary/aromatic N) is 1. The van der Waals surface area contributed by atoms with E-state index in [9.17, 15) is 0 Å². The molecule has 0 saturated heterocycles. The van der Waals surface area contributed by atoms with Gasteiger partial charge in [0.2, 0.25) is 0 Å². The summed E-state index contributed by atoms with van der Waals surface area (Å²) in [6, 6.07) is 6.31. The zero-order chi connectivity index (χ0) is 16.1. The Hall–Kier alpha value is -2.06. The van der Waals surface area contributed by atoms with Crippen LogP contribution in [-0.4, -0.2) is 4.57 Å². The molecule has 0 spiro atoms. The standard InChI is InChI=1S/C20H20BrN/c1-5-9-11-16(7-3)22-19(10-6-2)17(8-4)18-14-15(21)12-13-20(18)22/h5-14H,3-4H2,1-2H3/b9-5-,10-6-,16-11+. The third-order valence-electron chi connectivity index (χ3n) is 3.46. The molecule has 0 bridgehead atoms. The lowest BCUT2D eigenvalue weighted by atomic mass is 10.1. The van der Waals surface area contributed by atoms with Crippen molar-refractivity contribution in [2.24, 2.45) is 0 Å². The van der Waals surface area contributed by atoms with Gasteiger partial charge in [-0.1, -0.05) is 53.4 Å².